The number of benzene rings is 2. The van der Waals surface area contributed by atoms with Crippen molar-refractivity contribution in [3.05, 3.63) is 89.2 Å². The van der Waals surface area contributed by atoms with Crippen LogP contribution in [-0.2, 0) is 16.3 Å². The largest absolute Gasteiger partial charge is 0.451 e. The molecule has 4 aromatic rings. The number of carbonyl (C=O) groups is 1. The van der Waals surface area contributed by atoms with Gasteiger partial charge in [0.25, 0.3) is 0 Å². The van der Waals surface area contributed by atoms with Gasteiger partial charge < -0.3 is 4.42 Å². The summed E-state index contributed by atoms with van der Waals surface area (Å²) in [4.78, 5) is 16.2. The predicted molar refractivity (Wildman–Crippen MR) is 110 cm³/mol. The topological polar surface area (TPSA) is 77.2 Å². The summed E-state index contributed by atoms with van der Waals surface area (Å²) >= 11 is 5.77. The van der Waals surface area contributed by atoms with E-state index >= 15 is 0 Å². The number of rotatable bonds is 6. The predicted octanol–water partition coefficient (Wildman–Crippen LogP) is 5.27. The summed E-state index contributed by atoms with van der Waals surface area (Å²) in [6, 6.07) is 12.7. The van der Waals surface area contributed by atoms with Crippen LogP contribution >= 0.6 is 11.6 Å². The van der Waals surface area contributed by atoms with E-state index in [1.54, 1.807) is 36.7 Å². The van der Waals surface area contributed by atoms with Gasteiger partial charge in [-0.25, -0.2) is 12.8 Å². The second-order valence-corrected chi connectivity index (χ2v) is 9.09. The molecule has 0 spiro atoms. The van der Waals surface area contributed by atoms with Gasteiger partial charge in [-0.1, -0.05) is 23.7 Å². The Bertz CT molecular complexity index is 1290. The van der Waals surface area contributed by atoms with Crippen LogP contribution in [0.25, 0.3) is 11.0 Å². The summed E-state index contributed by atoms with van der Waals surface area (Å²) in [5.74, 6) is -0.616. The minimum absolute atomic E-state index is 0.00470. The van der Waals surface area contributed by atoms with Crippen molar-refractivity contribution < 1.29 is 22.0 Å². The minimum Gasteiger partial charge on any atom is -0.451 e. The zero-order valence-corrected chi connectivity index (χ0v) is 17.1. The van der Waals surface area contributed by atoms with Gasteiger partial charge in [-0.15, -0.1) is 0 Å². The molecule has 2 aromatic carbocycles. The molecule has 0 atom stereocenters. The smallest absolute Gasteiger partial charge is 0.206 e. The number of sulfone groups is 1. The number of Topliss-reactive ketones (excluding diaryl/α,β-unsaturated/α-hetero) is 1. The lowest BCUT2D eigenvalue weighted by Crippen LogP contribution is -2.03. The third kappa shape index (κ3) is 4.13. The maximum absolute atomic E-state index is 13.5. The van der Waals surface area contributed by atoms with Crippen molar-refractivity contribution in [2.24, 2.45) is 0 Å². The highest BCUT2D eigenvalue weighted by Gasteiger charge is 2.19. The fourth-order valence-corrected chi connectivity index (χ4v) is 4.66. The molecule has 0 unspecified atom stereocenters. The first-order valence-electron chi connectivity index (χ1n) is 9.00. The zero-order chi connectivity index (χ0) is 21.3. The molecule has 152 valence electrons. The molecule has 0 aliphatic carbocycles. The average molecular weight is 444 g/mol. The molecule has 2 aromatic heterocycles. The van der Waals surface area contributed by atoms with Gasteiger partial charge in [-0.2, -0.15) is 0 Å². The first kappa shape index (κ1) is 20.3. The van der Waals surface area contributed by atoms with E-state index in [0.717, 1.165) is 23.1 Å². The molecule has 8 heteroatoms. The van der Waals surface area contributed by atoms with Crippen LogP contribution in [0.1, 0.15) is 22.5 Å². The number of aromatic nitrogens is 1. The number of hydrogen-bond acceptors (Lipinski definition) is 5. The Labute approximate surface area is 177 Å². The van der Waals surface area contributed by atoms with Crippen molar-refractivity contribution in [3.8, 4) is 0 Å². The van der Waals surface area contributed by atoms with Gasteiger partial charge in [-0.3, -0.25) is 9.78 Å². The lowest BCUT2D eigenvalue weighted by molar-refractivity contribution is 0.0958. The van der Waals surface area contributed by atoms with Gasteiger partial charge in [0.2, 0.25) is 9.84 Å². The van der Waals surface area contributed by atoms with Gasteiger partial charge in [0.15, 0.2) is 17.1 Å². The van der Waals surface area contributed by atoms with Crippen molar-refractivity contribution in [2.75, 3.05) is 0 Å². The molecule has 0 radical (unpaired) electrons. The van der Waals surface area contributed by atoms with E-state index in [0.29, 0.717) is 12.0 Å². The highest BCUT2D eigenvalue weighted by molar-refractivity contribution is 7.91. The van der Waals surface area contributed by atoms with Crippen molar-refractivity contribution >= 4 is 38.2 Å². The van der Waals surface area contributed by atoms with Gasteiger partial charge in [0, 0.05) is 23.0 Å². The Morgan fingerprint density at radius 2 is 1.80 bits per heavy atom. The Morgan fingerprint density at radius 3 is 2.50 bits per heavy atom. The van der Waals surface area contributed by atoms with E-state index < -0.39 is 15.7 Å². The molecule has 0 bridgehead atoms. The molecular formula is C22H15ClFNO4S. The number of halogens is 2. The lowest BCUT2D eigenvalue weighted by atomic mass is 10.1. The van der Waals surface area contributed by atoms with E-state index in [-0.39, 0.29) is 32.8 Å². The van der Waals surface area contributed by atoms with Crippen LogP contribution < -0.4 is 0 Å². The first-order valence-corrected chi connectivity index (χ1v) is 10.9. The summed E-state index contributed by atoms with van der Waals surface area (Å²) in [6.45, 7) is 0. The van der Waals surface area contributed by atoms with E-state index in [9.17, 15) is 17.6 Å². The SMILES string of the molecule is O=C(CCc1ccc(S(=O)(=O)c2cc(F)cc(Cl)c2)cc1)c1cc2ccncc2o1. The maximum Gasteiger partial charge on any atom is 0.206 e. The highest BCUT2D eigenvalue weighted by atomic mass is 35.5. The number of furan rings is 1. The number of hydrogen-bond donors (Lipinski definition) is 0. The van der Waals surface area contributed by atoms with Gasteiger partial charge in [0.05, 0.1) is 16.0 Å². The third-order valence-electron chi connectivity index (χ3n) is 4.62. The molecule has 5 nitrogen and oxygen atoms in total. The number of ketones is 1. The molecule has 0 N–H and O–H groups in total. The second kappa shape index (κ2) is 8.01. The highest BCUT2D eigenvalue weighted by Crippen LogP contribution is 2.25. The lowest BCUT2D eigenvalue weighted by Gasteiger charge is -2.07. The fraction of sp³-hybridized carbons (Fsp3) is 0.0909. The van der Waals surface area contributed by atoms with Gasteiger partial charge in [-0.05, 0) is 54.4 Å². The zero-order valence-electron chi connectivity index (χ0n) is 15.5. The molecule has 0 saturated carbocycles. The number of pyridine rings is 1. The molecule has 0 fully saturated rings. The number of nitrogens with zero attached hydrogens (tertiary/aromatic N) is 1. The van der Waals surface area contributed by atoms with Gasteiger partial charge in [0.1, 0.15) is 5.82 Å². The first-order chi connectivity index (χ1) is 14.3. The van der Waals surface area contributed by atoms with E-state index in [2.05, 4.69) is 4.98 Å². The Kier molecular flexibility index (Phi) is 5.40. The molecule has 0 amide bonds. The van der Waals surface area contributed by atoms with Crippen LogP contribution in [0.5, 0.6) is 0 Å². The Hall–Kier alpha value is -3.03. The number of fused-ring (bicyclic) bond motifs is 1. The fourth-order valence-electron chi connectivity index (χ4n) is 3.06. The van der Waals surface area contributed by atoms with E-state index in [1.165, 1.54) is 18.2 Å². The summed E-state index contributed by atoms with van der Waals surface area (Å²) in [5.41, 5.74) is 1.34. The maximum atomic E-state index is 13.5. The van der Waals surface area contributed by atoms with E-state index in [1.807, 2.05) is 0 Å². The molecule has 0 saturated heterocycles. The molecule has 4 rings (SSSR count). The Balaban J connectivity index is 1.47. The van der Waals surface area contributed by atoms with Gasteiger partial charge >= 0.3 is 0 Å². The molecular weight excluding hydrogens is 429 g/mol. The minimum atomic E-state index is -3.90. The summed E-state index contributed by atoms with van der Waals surface area (Å²) in [7, 11) is -3.90. The average Bonchev–Trinajstić information content (AvgIpc) is 3.16. The third-order valence-corrected chi connectivity index (χ3v) is 6.59. The van der Waals surface area contributed by atoms with Crippen molar-refractivity contribution in [1.29, 1.82) is 0 Å². The van der Waals surface area contributed by atoms with Crippen LogP contribution in [0, 0.1) is 5.82 Å². The molecule has 0 aliphatic heterocycles. The van der Waals surface area contributed by atoms with Crippen LogP contribution in [0.15, 0.2) is 81.2 Å². The van der Waals surface area contributed by atoms with Crippen LogP contribution in [0.4, 0.5) is 4.39 Å². The quantitative estimate of drug-likeness (QED) is 0.379. The summed E-state index contributed by atoms with van der Waals surface area (Å²) in [6.07, 6.45) is 3.80. The van der Waals surface area contributed by atoms with Crippen molar-refractivity contribution in [3.63, 3.8) is 0 Å². The summed E-state index contributed by atoms with van der Waals surface area (Å²) in [5, 5.41) is 0.811. The number of carbonyl (C=O) groups excluding carboxylic acids is 1. The van der Waals surface area contributed by atoms with E-state index in [4.69, 9.17) is 16.0 Å². The second-order valence-electron chi connectivity index (χ2n) is 6.70. The van der Waals surface area contributed by atoms with Crippen molar-refractivity contribution in [1.82, 2.24) is 4.98 Å². The normalized spacial score (nSPS) is 11.7. The van der Waals surface area contributed by atoms with Crippen LogP contribution in [0.3, 0.4) is 0 Å². The van der Waals surface area contributed by atoms with Crippen LogP contribution in [0.2, 0.25) is 5.02 Å². The molecule has 2 heterocycles. The summed E-state index contributed by atoms with van der Waals surface area (Å²) < 4.78 is 44.4. The van der Waals surface area contributed by atoms with Crippen LogP contribution in [-0.4, -0.2) is 19.2 Å². The molecule has 30 heavy (non-hydrogen) atoms. The standard InChI is InChI=1S/C22H15ClFNO4S/c23-16-10-17(24)12-19(11-16)30(27,28)18-4-1-14(2-5-18)3-6-20(26)21-9-15-7-8-25-13-22(15)29-21/h1-2,4-5,7-13H,3,6H2. The Morgan fingerprint density at radius 1 is 1.03 bits per heavy atom. The molecule has 0 aliphatic rings. The van der Waals surface area contributed by atoms with Crippen molar-refractivity contribution in [2.45, 2.75) is 22.6 Å². The number of aryl methyl sites for hydroxylation is 1. The monoisotopic (exact) mass is 443 g/mol.